The normalized spacial score (nSPS) is 11.6. The maximum Gasteiger partial charge on any atom is 0.156 e. The molecule has 0 saturated carbocycles. The van der Waals surface area contributed by atoms with E-state index >= 15 is 0 Å². The number of nitrogens with one attached hydrogen (secondary N) is 1. The third-order valence-electron chi connectivity index (χ3n) is 2.29. The molecule has 0 spiro atoms. The van der Waals surface area contributed by atoms with E-state index in [2.05, 4.69) is 42.4 Å². The SMILES string of the molecule is CN=C(NC)SCc1cc(C)ccc1C. The molecule has 3 heteroatoms. The summed E-state index contributed by atoms with van der Waals surface area (Å²) in [6, 6.07) is 6.56. The standard InChI is InChI=1S/C12H18N2S/c1-9-5-6-10(2)11(7-9)8-15-12(13-3)14-4/h5-7H,8H2,1-4H3,(H,13,14). The van der Waals surface area contributed by atoms with E-state index < -0.39 is 0 Å². The van der Waals surface area contributed by atoms with E-state index in [1.807, 2.05) is 14.1 Å². The molecule has 0 unspecified atom stereocenters. The van der Waals surface area contributed by atoms with Gasteiger partial charge in [0.2, 0.25) is 0 Å². The lowest BCUT2D eigenvalue weighted by Gasteiger charge is -2.08. The second-order valence-electron chi connectivity index (χ2n) is 3.50. The Kier molecular flexibility index (Phi) is 4.69. The number of benzene rings is 1. The number of rotatable bonds is 2. The van der Waals surface area contributed by atoms with E-state index in [1.54, 1.807) is 11.8 Å². The van der Waals surface area contributed by atoms with Gasteiger partial charge >= 0.3 is 0 Å². The van der Waals surface area contributed by atoms with Crippen molar-refractivity contribution in [1.29, 1.82) is 0 Å². The fraction of sp³-hybridized carbons (Fsp3) is 0.417. The lowest BCUT2D eigenvalue weighted by Crippen LogP contribution is -2.14. The Bertz CT molecular complexity index is 359. The number of hydrogen-bond acceptors (Lipinski definition) is 2. The third-order valence-corrected chi connectivity index (χ3v) is 3.40. The Hall–Kier alpha value is -0.960. The average molecular weight is 222 g/mol. The van der Waals surface area contributed by atoms with Gasteiger partial charge in [0, 0.05) is 19.8 Å². The average Bonchev–Trinajstić information content (AvgIpc) is 2.24. The number of amidine groups is 1. The molecular formula is C12H18N2S. The van der Waals surface area contributed by atoms with Gasteiger partial charge < -0.3 is 5.32 Å². The van der Waals surface area contributed by atoms with Crippen molar-refractivity contribution in [1.82, 2.24) is 5.32 Å². The largest absolute Gasteiger partial charge is 0.368 e. The molecule has 0 heterocycles. The van der Waals surface area contributed by atoms with Crippen LogP contribution < -0.4 is 5.32 Å². The van der Waals surface area contributed by atoms with E-state index in [0.29, 0.717) is 0 Å². The van der Waals surface area contributed by atoms with Crippen LogP contribution in [0.15, 0.2) is 23.2 Å². The molecule has 0 atom stereocenters. The summed E-state index contributed by atoms with van der Waals surface area (Å²) in [5.41, 5.74) is 4.05. The first-order valence-electron chi connectivity index (χ1n) is 5.01. The van der Waals surface area contributed by atoms with Crippen LogP contribution in [0.3, 0.4) is 0 Å². The molecule has 0 saturated heterocycles. The van der Waals surface area contributed by atoms with Crippen LogP contribution in [-0.4, -0.2) is 19.3 Å². The summed E-state index contributed by atoms with van der Waals surface area (Å²) in [5, 5.41) is 4.05. The first kappa shape index (κ1) is 12.1. The highest BCUT2D eigenvalue weighted by Gasteiger charge is 2.01. The molecule has 82 valence electrons. The molecule has 0 amide bonds. The molecule has 2 nitrogen and oxygen atoms in total. The van der Waals surface area contributed by atoms with E-state index in [9.17, 15) is 0 Å². The van der Waals surface area contributed by atoms with Gasteiger partial charge in [-0.05, 0) is 25.0 Å². The molecule has 1 aromatic rings. The smallest absolute Gasteiger partial charge is 0.156 e. The minimum Gasteiger partial charge on any atom is -0.368 e. The van der Waals surface area contributed by atoms with Crippen molar-refractivity contribution in [2.45, 2.75) is 19.6 Å². The monoisotopic (exact) mass is 222 g/mol. The van der Waals surface area contributed by atoms with Crippen molar-refractivity contribution in [3.63, 3.8) is 0 Å². The Labute approximate surface area is 96.2 Å². The molecule has 15 heavy (non-hydrogen) atoms. The second-order valence-corrected chi connectivity index (χ2v) is 4.46. The van der Waals surface area contributed by atoms with Crippen molar-refractivity contribution in [3.05, 3.63) is 34.9 Å². The Balaban J connectivity index is 2.68. The zero-order valence-electron chi connectivity index (χ0n) is 9.79. The lowest BCUT2D eigenvalue weighted by atomic mass is 10.1. The molecule has 1 rings (SSSR count). The summed E-state index contributed by atoms with van der Waals surface area (Å²) < 4.78 is 0. The fourth-order valence-electron chi connectivity index (χ4n) is 1.35. The molecule has 0 fully saturated rings. The zero-order chi connectivity index (χ0) is 11.3. The van der Waals surface area contributed by atoms with Gasteiger partial charge in [0.25, 0.3) is 0 Å². The van der Waals surface area contributed by atoms with Gasteiger partial charge in [0.15, 0.2) is 5.17 Å². The molecule has 0 aliphatic heterocycles. The summed E-state index contributed by atoms with van der Waals surface area (Å²) in [7, 11) is 3.71. The van der Waals surface area contributed by atoms with Crippen LogP contribution in [0.25, 0.3) is 0 Å². The predicted octanol–water partition coefficient (Wildman–Crippen LogP) is 2.74. The van der Waals surface area contributed by atoms with Gasteiger partial charge in [-0.25, -0.2) is 0 Å². The molecule has 1 aromatic carbocycles. The summed E-state index contributed by atoms with van der Waals surface area (Å²) >= 11 is 1.74. The van der Waals surface area contributed by atoms with Gasteiger partial charge in [-0.1, -0.05) is 35.5 Å². The molecule has 0 bridgehead atoms. The van der Waals surface area contributed by atoms with Crippen LogP contribution in [0, 0.1) is 13.8 Å². The van der Waals surface area contributed by atoms with E-state index in [4.69, 9.17) is 0 Å². The topological polar surface area (TPSA) is 24.4 Å². The van der Waals surface area contributed by atoms with Crippen molar-refractivity contribution < 1.29 is 0 Å². The lowest BCUT2D eigenvalue weighted by molar-refractivity contribution is 1.18. The maximum atomic E-state index is 4.14. The molecule has 0 aliphatic rings. The van der Waals surface area contributed by atoms with E-state index in [-0.39, 0.29) is 0 Å². The van der Waals surface area contributed by atoms with Crippen molar-refractivity contribution in [2.75, 3.05) is 14.1 Å². The van der Waals surface area contributed by atoms with Gasteiger partial charge in [-0.2, -0.15) is 0 Å². The highest BCUT2D eigenvalue weighted by atomic mass is 32.2. The highest BCUT2D eigenvalue weighted by Crippen LogP contribution is 2.17. The summed E-state index contributed by atoms with van der Waals surface area (Å²) in [6.07, 6.45) is 0. The first-order valence-corrected chi connectivity index (χ1v) is 5.99. The van der Waals surface area contributed by atoms with Crippen molar-refractivity contribution in [2.24, 2.45) is 4.99 Å². The number of thioether (sulfide) groups is 1. The molecule has 1 N–H and O–H groups in total. The van der Waals surface area contributed by atoms with Gasteiger partial charge in [-0.3, -0.25) is 4.99 Å². The second kappa shape index (κ2) is 5.81. The third kappa shape index (κ3) is 3.59. The number of aryl methyl sites for hydroxylation is 2. The predicted molar refractivity (Wildman–Crippen MR) is 69.6 cm³/mol. The van der Waals surface area contributed by atoms with Crippen molar-refractivity contribution in [3.8, 4) is 0 Å². The Morgan fingerprint density at radius 3 is 2.73 bits per heavy atom. The Morgan fingerprint density at radius 1 is 1.40 bits per heavy atom. The number of aliphatic imine (C=N–C) groups is 1. The number of nitrogens with zero attached hydrogens (tertiary/aromatic N) is 1. The molecule has 0 aromatic heterocycles. The summed E-state index contributed by atoms with van der Waals surface area (Å²) in [5.74, 6) is 0.973. The van der Waals surface area contributed by atoms with Gasteiger partial charge in [0.05, 0.1) is 0 Å². The van der Waals surface area contributed by atoms with Gasteiger partial charge in [0.1, 0.15) is 0 Å². The van der Waals surface area contributed by atoms with Gasteiger partial charge in [-0.15, -0.1) is 0 Å². The molecule has 0 radical (unpaired) electrons. The fourth-order valence-corrected chi connectivity index (χ4v) is 2.23. The van der Waals surface area contributed by atoms with E-state index in [0.717, 1.165) is 10.9 Å². The van der Waals surface area contributed by atoms with Crippen molar-refractivity contribution >= 4 is 16.9 Å². The van der Waals surface area contributed by atoms with Crippen LogP contribution >= 0.6 is 11.8 Å². The molecular weight excluding hydrogens is 204 g/mol. The maximum absolute atomic E-state index is 4.14. The minimum atomic E-state index is 0.973. The quantitative estimate of drug-likeness (QED) is 0.614. The van der Waals surface area contributed by atoms with Crippen LogP contribution in [0.2, 0.25) is 0 Å². The van der Waals surface area contributed by atoms with Crippen LogP contribution in [-0.2, 0) is 5.75 Å². The zero-order valence-corrected chi connectivity index (χ0v) is 10.6. The summed E-state index contributed by atoms with van der Waals surface area (Å²) in [4.78, 5) is 4.14. The highest BCUT2D eigenvalue weighted by molar-refractivity contribution is 8.13. The molecule has 0 aliphatic carbocycles. The number of hydrogen-bond donors (Lipinski definition) is 1. The first-order chi connectivity index (χ1) is 7.17. The van der Waals surface area contributed by atoms with Crippen LogP contribution in [0.4, 0.5) is 0 Å². The minimum absolute atomic E-state index is 0.973. The summed E-state index contributed by atoms with van der Waals surface area (Å²) in [6.45, 7) is 4.28. The van der Waals surface area contributed by atoms with Crippen LogP contribution in [0.1, 0.15) is 16.7 Å². The van der Waals surface area contributed by atoms with E-state index in [1.165, 1.54) is 16.7 Å². The Morgan fingerprint density at radius 2 is 2.13 bits per heavy atom. The van der Waals surface area contributed by atoms with Crippen LogP contribution in [0.5, 0.6) is 0 Å².